The standard InChI is InChI=1S/C28H37N3O2S/c1-19(2)34(29)22-8-6-21(7-9-22)25-17-28(11-5-15-33-28)12-14-31(25)18-24-23-10-13-30-27(23)20(3)16-26(24)32-4/h6-10,13,16,19,25,29-30H,5,11-12,14-15,17-18H2,1-4H3/t25-,28?,34?/m0/s1. The maximum absolute atomic E-state index is 8.51. The first-order valence-electron chi connectivity index (χ1n) is 12.5. The van der Waals surface area contributed by atoms with E-state index in [0.717, 1.165) is 56.0 Å². The summed E-state index contributed by atoms with van der Waals surface area (Å²) in [6.07, 6.45) is 6.45. The third-order valence-electron chi connectivity index (χ3n) is 7.73. The van der Waals surface area contributed by atoms with Crippen LogP contribution < -0.4 is 4.74 Å². The Labute approximate surface area is 205 Å². The molecule has 3 aromatic rings. The molecule has 5 nitrogen and oxygen atoms in total. The molecule has 182 valence electrons. The van der Waals surface area contributed by atoms with Gasteiger partial charge in [-0.2, -0.15) is 0 Å². The lowest BCUT2D eigenvalue weighted by Gasteiger charge is -2.45. The van der Waals surface area contributed by atoms with Crippen LogP contribution in [-0.2, 0) is 22.0 Å². The first-order valence-corrected chi connectivity index (χ1v) is 13.8. The van der Waals surface area contributed by atoms with E-state index in [-0.39, 0.29) is 11.6 Å². The lowest BCUT2D eigenvalue weighted by molar-refractivity contribution is -0.0676. The van der Waals surface area contributed by atoms with Gasteiger partial charge in [0.2, 0.25) is 0 Å². The van der Waals surface area contributed by atoms with Crippen LogP contribution in [-0.4, -0.2) is 41.0 Å². The molecular formula is C28H37N3O2S. The topological polar surface area (TPSA) is 61.3 Å². The highest BCUT2D eigenvalue weighted by Crippen LogP contribution is 2.45. The number of hydrogen-bond donors (Lipinski definition) is 2. The van der Waals surface area contributed by atoms with Crippen molar-refractivity contribution in [1.29, 1.82) is 4.78 Å². The Kier molecular flexibility index (Phi) is 6.58. The lowest BCUT2D eigenvalue weighted by atomic mass is 9.81. The minimum atomic E-state index is -0.473. The summed E-state index contributed by atoms with van der Waals surface area (Å²) in [5.41, 5.74) is 5.00. The molecule has 2 unspecified atom stereocenters. The van der Waals surface area contributed by atoms with Gasteiger partial charge in [-0.25, -0.2) is 0 Å². The Morgan fingerprint density at radius 2 is 2.03 bits per heavy atom. The number of methoxy groups -OCH3 is 1. The van der Waals surface area contributed by atoms with Crippen molar-refractivity contribution in [3.63, 3.8) is 0 Å². The van der Waals surface area contributed by atoms with Crippen LogP contribution in [0, 0.1) is 11.7 Å². The second-order valence-corrected chi connectivity index (χ2v) is 12.3. The predicted molar refractivity (Wildman–Crippen MR) is 140 cm³/mol. The van der Waals surface area contributed by atoms with Crippen LogP contribution in [0.1, 0.15) is 62.3 Å². The maximum Gasteiger partial charge on any atom is 0.124 e. The van der Waals surface area contributed by atoms with Crippen molar-refractivity contribution < 1.29 is 9.47 Å². The molecule has 2 aromatic carbocycles. The van der Waals surface area contributed by atoms with Gasteiger partial charge in [0.1, 0.15) is 5.75 Å². The third kappa shape index (κ3) is 4.32. The molecule has 0 amide bonds. The number of hydrogen-bond acceptors (Lipinski definition) is 4. The molecule has 0 radical (unpaired) electrons. The average molecular weight is 480 g/mol. The number of H-pyrrole nitrogens is 1. The molecule has 3 atom stereocenters. The largest absolute Gasteiger partial charge is 0.496 e. The molecule has 0 aliphatic carbocycles. The van der Waals surface area contributed by atoms with Gasteiger partial charge in [-0.05, 0) is 68.0 Å². The molecule has 1 spiro atoms. The fourth-order valence-electron chi connectivity index (χ4n) is 5.81. The number of aromatic nitrogens is 1. The van der Waals surface area contributed by atoms with E-state index in [1.807, 2.05) is 6.20 Å². The van der Waals surface area contributed by atoms with E-state index >= 15 is 0 Å². The normalized spacial score (nSPS) is 24.3. The highest BCUT2D eigenvalue weighted by Gasteiger charge is 2.43. The zero-order valence-electron chi connectivity index (χ0n) is 20.8. The first kappa shape index (κ1) is 23.6. The predicted octanol–water partition coefficient (Wildman–Crippen LogP) is 6.52. The Morgan fingerprint density at radius 1 is 1.24 bits per heavy atom. The number of piperidine rings is 1. The molecule has 0 saturated carbocycles. The van der Waals surface area contributed by atoms with Crippen LogP contribution >= 0.6 is 0 Å². The van der Waals surface area contributed by atoms with Gasteiger partial charge < -0.3 is 14.5 Å². The Hall–Kier alpha value is -2.15. The van der Waals surface area contributed by atoms with E-state index in [1.54, 1.807) is 7.11 Å². The number of aromatic amines is 1. The quantitative estimate of drug-likeness (QED) is 0.423. The van der Waals surface area contributed by atoms with E-state index in [4.69, 9.17) is 14.3 Å². The summed E-state index contributed by atoms with van der Waals surface area (Å²) in [6.45, 7) is 9.13. The van der Waals surface area contributed by atoms with Crippen molar-refractivity contribution in [2.45, 2.75) is 74.8 Å². The Balaban J connectivity index is 1.50. The van der Waals surface area contributed by atoms with Crippen molar-refractivity contribution >= 4 is 21.6 Å². The van der Waals surface area contributed by atoms with Gasteiger partial charge in [0.15, 0.2) is 0 Å². The summed E-state index contributed by atoms with van der Waals surface area (Å²) in [7, 11) is 1.30. The third-order valence-corrected chi connectivity index (χ3v) is 9.45. The van der Waals surface area contributed by atoms with E-state index in [0.29, 0.717) is 5.25 Å². The molecule has 0 bridgehead atoms. The van der Waals surface area contributed by atoms with Crippen LogP contribution in [0.15, 0.2) is 47.5 Å². The highest BCUT2D eigenvalue weighted by molar-refractivity contribution is 7.86. The monoisotopic (exact) mass is 479 g/mol. The molecule has 34 heavy (non-hydrogen) atoms. The highest BCUT2D eigenvalue weighted by atomic mass is 32.2. The second-order valence-electron chi connectivity index (χ2n) is 10.2. The second kappa shape index (κ2) is 9.48. The number of benzene rings is 2. The van der Waals surface area contributed by atoms with Crippen molar-refractivity contribution in [1.82, 2.24) is 9.88 Å². The van der Waals surface area contributed by atoms with Crippen LogP contribution in [0.5, 0.6) is 5.75 Å². The lowest BCUT2D eigenvalue weighted by Crippen LogP contribution is -2.45. The van der Waals surface area contributed by atoms with Crippen LogP contribution in [0.3, 0.4) is 0 Å². The minimum absolute atomic E-state index is 0.0121. The number of aryl methyl sites for hydroxylation is 1. The SMILES string of the molecule is COc1cc(C)c2[nH]ccc2c1CN1CCC2(CCCO2)C[C@H]1c1ccc(S(=N)C(C)C)cc1. The molecule has 2 aliphatic heterocycles. The van der Waals surface area contributed by atoms with Gasteiger partial charge in [-0.1, -0.05) is 36.7 Å². The fourth-order valence-corrected chi connectivity index (χ4v) is 6.78. The molecule has 5 rings (SSSR count). The molecule has 2 N–H and O–H groups in total. The Morgan fingerprint density at radius 3 is 2.71 bits per heavy atom. The maximum atomic E-state index is 8.51. The number of fused-ring (bicyclic) bond motifs is 1. The van der Waals surface area contributed by atoms with E-state index in [1.165, 1.54) is 27.6 Å². The smallest absolute Gasteiger partial charge is 0.124 e. The average Bonchev–Trinajstić information content (AvgIpc) is 3.52. The van der Waals surface area contributed by atoms with Gasteiger partial charge in [0.05, 0.1) is 12.7 Å². The van der Waals surface area contributed by atoms with Crippen LogP contribution in [0.25, 0.3) is 10.9 Å². The first-order chi connectivity index (χ1) is 16.4. The minimum Gasteiger partial charge on any atom is -0.496 e. The van der Waals surface area contributed by atoms with Crippen molar-refractivity contribution in [3.8, 4) is 5.75 Å². The molecular weight excluding hydrogens is 442 g/mol. The zero-order valence-corrected chi connectivity index (χ0v) is 21.6. The number of likely N-dealkylation sites (tertiary alicyclic amines) is 1. The summed E-state index contributed by atoms with van der Waals surface area (Å²) in [5, 5.41) is 1.59. The van der Waals surface area contributed by atoms with Gasteiger partial charge in [0, 0.05) is 58.5 Å². The zero-order chi connectivity index (χ0) is 23.9. The van der Waals surface area contributed by atoms with Gasteiger partial charge in [0.25, 0.3) is 0 Å². The molecule has 2 fully saturated rings. The molecule has 2 aliphatic rings. The summed E-state index contributed by atoms with van der Waals surface area (Å²) < 4.78 is 20.7. The van der Waals surface area contributed by atoms with E-state index in [9.17, 15) is 0 Å². The number of nitrogens with zero attached hydrogens (tertiary/aromatic N) is 1. The molecule has 1 aromatic heterocycles. The Bertz CT molecular complexity index is 1180. The molecule has 6 heteroatoms. The summed E-state index contributed by atoms with van der Waals surface area (Å²) in [5.74, 6) is 0.964. The molecule has 2 saturated heterocycles. The summed E-state index contributed by atoms with van der Waals surface area (Å²) >= 11 is 0. The number of ether oxygens (including phenoxy) is 2. The van der Waals surface area contributed by atoms with Crippen LogP contribution in [0.2, 0.25) is 0 Å². The summed E-state index contributed by atoms with van der Waals surface area (Å²) in [6, 6.07) is 13.5. The van der Waals surface area contributed by atoms with Crippen LogP contribution in [0.4, 0.5) is 0 Å². The number of rotatable bonds is 6. The van der Waals surface area contributed by atoms with Crippen molar-refractivity contribution in [2.75, 3.05) is 20.3 Å². The number of nitrogens with one attached hydrogen (secondary N) is 2. The van der Waals surface area contributed by atoms with E-state index < -0.39 is 10.7 Å². The van der Waals surface area contributed by atoms with Crippen molar-refractivity contribution in [2.24, 2.45) is 0 Å². The van der Waals surface area contributed by atoms with E-state index in [2.05, 4.69) is 67.1 Å². The fraction of sp³-hybridized carbons (Fsp3) is 0.500. The van der Waals surface area contributed by atoms with Gasteiger partial charge in [-0.15, -0.1) is 0 Å². The summed E-state index contributed by atoms with van der Waals surface area (Å²) in [4.78, 5) is 7.16. The molecule has 3 heterocycles. The van der Waals surface area contributed by atoms with Gasteiger partial charge in [-0.3, -0.25) is 9.68 Å². The van der Waals surface area contributed by atoms with Crippen molar-refractivity contribution in [3.05, 3.63) is 59.3 Å². The van der Waals surface area contributed by atoms with Gasteiger partial charge >= 0.3 is 0 Å².